The fourth-order valence-corrected chi connectivity index (χ4v) is 4.07. The van der Waals surface area contributed by atoms with Crippen LogP contribution in [0.1, 0.15) is 37.8 Å². The first kappa shape index (κ1) is 20.5. The Morgan fingerprint density at radius 2 is 1.57 bits per heavy atom. The summed E-state index contributed by atoms with van der Waals surface area (Å²) < 4.78 is 5.72. The van der Waals surface area contributed by atoms with Crippen molar-refractivity contribution >= 4 is 29.0 Å². The first-order valence-electron chi connectivity index (χ1n) is 10.3. The van der Waals surface area contributed by atoms with Gasteiger partial charge in [0.15, 0.2) is 0 Å². The third-order valence-corrected chi connectivity index (χ3v) is 5.59. The normalized spacial score (nSPS) is 16.9. The zero-order chi connectivity index (χ0) is 21.3. The molecule has 0 aliphatic carbocycles. The highest BCUT2D eigenvalue weighted by molar-refractivity contribution is 6.35. The van der Waals surface area contributed by atoms with Gasteiger partial charge in [0.05, 0.1) is 18.2 Å². The molecule has 2 aromatic carbocycles. The van der Waals surface area contributed by atoms with Crippen LogP contribution in [0.4, 0.5) is 0 Å². The zero-order valence-electron chi connectivity index (χ0n) is 17.2. The van der Waals surface area contributed by atoms with Gasteiger partial charge in [-0.05, 0) is 62.1 Å². The van der Waals surface area contributed by atoms with Gasteiger partial charge in [0.1, 0.15) is 11.4 Å². The average molecular weight is 425 g/mol. The van der Waals surface area contributed by atoms with Crippen LogP contribution < -0.4 is 4.74 Å². The van der Waals surface area contributed by atoms with Gasteiger partial charge in [-0.1, -0.05) is 35.9 Å². The van der Waals surface area contributed by atoms with Gasteiger partial charge in [0.25, 0.3) is 11.8 Å². The molecule has 0 N–H and O–H groups in total. The van der Waals surface area contributed by atoms with E-state index in [-0.39, 0.29) is 24.5 Å². The quantitative estimate of drug-likeness (QED) is 0.640. The number of likely N-dealkylation sites (tertiary alicyclic amines) is 1. The molecule has 0 atom stereocenters. The van der Waals surface area contributed by atoms with Crippen LogP contribution in [0.5, 0.6) is 5.75 Å². The van der Waals surface area contributed by atoms with Gasteiger partial charge in [0.2, 0.25) is 0 Å². The van der Waals surface area contributed by atoms with Gasteiger partial charge in [0, 0.05) is 18.1 Å². The van der Waals surface area contributed by atoms with E-state index in [1.807, 2.05) is 50.2 Å². The van der Waals surface area contributed by atoms with Crippen LogP contribution in [0.3, 0.4) is 0 Å². The molecule has 2 amide bonds. The molecular weight excluding hydrogens is 400 g/mol. The summed E-state index contributed by atoms with van der Waals surface area (Å²) in [6, 6.07) is 14.6. The third kappa shape index (κ3) is 4.08. The molecule has 1 fully saturated rings. The standard InChI is InChI=1S/C24H25ClN2O3/c1-16(2)30-20-11-7-18(8-12-20)21-22(26-13-3-4-14-26)24(29)27(23(21)28)15-17-5-9-19(25)10-6-17/h5-12,16H,3-4,13-15H2,1-2H3. The molecule has 2 heterocycles. The fraction of sp³-hybridized carbons (Fsp3) is 0.333. The average Bonchev–Trinajstić information content (AvgIpc) is 3.32. The summed E-state index contributed by atoms with van der Waals surface area (Å²) in [6.07, 6.45) is 2.12. The van der Waals surface area contributed by atoms with E-state index >= 15 is 0 Å². The van der Waals surface area contributed by atoms with E-state index < -0.39 is 0 Å². The number of nitrogens with zero attached hydrogens (tertiary/aromatic N) is 2. The number of halogens is 1. The number of ether oxygens (including phenoxy) is 1. The van der Waals surface area contributed by atoms with E-state index in [1.165, 1.54) is 4.90 Å². The number of amides is 2. The fourth-order valence-electron chi connectivity index (χ4n) is 3.95. The van der Waals surface area contributed by atoms with Crippen LogP contribution in [-0.4, -0.2) is 40.8 Å². The first-order valence-corrected chi connectivity index (χ1v) is 10.7. The van der Waals surface area contributed by atoms with E-state index in [4.69, 9.17) is 16.3 Å². The molecule has 4 rings (SSSR count). The van der Waals surface area contributed by atoms with Crippen molar-refractivity contribution in [1.82, 2.24) is 9.80 Å². The van der Waals surface area contributed by atoms with Gasteiger partial charge in [-0.15, -0.1) is 0 Å². The van der Waals surface area contributed by atoms with E-state index in [0.717, 1.165) is 42.8 Å². The topological polar surface area (TPSA) is 49.9 Å². The third-order valence-electron chi connectivity index (χ3n) is 5.33. The molecule has 30 heavy (non-hydrogen) atoms. The highest BCUT2D eigenvalue weighted by Gasteiger charge is 2.42. The van der Waals surface area contributed by atoms with Crippen molar-refractivity contribution in [2.45, 2.75) is 39.3 Å². The van der Waals surface area contributed by atoms with Crippen molar-refractivity contribution in [3.8, 4) is 5.75 Å². The second-order valence-corrected chi connectivity index (χ2v) is 8.37. The molecule has 0 radical (unpaired) electrons. The highest BCUT2D eigenvalue weighted by Crippen LogP contribution is 2.35. The molecule has 0 bridgehead atoms. The molecule has 0 spiro atoms. The minimum absolute atomic E-state index is 0.0692. The smallest absolute Gasteiger partial charge is 0.278 e. The number of benzene rings is 2. The monoisotopic (exact) mass is 424 g/mol. The number of hydrogen-bond acceptors (Lipinski definition) is 4. The Balaban J connectivity index is 1.68. The van der Waals surface area contributed by atoms with E-state index in [9.17, 15) is 9.59 Å². The van der Waals surface area contributed by atoms with Gasteiger partial charge < -0.3 is 9.64 Å². The maximum Gasteiger partial charge on any atom is 0.278 e. The van der Waals surface area contributed by atoms with Gasteiger partial charge in [-0.3, -0.25) is 14.5 Å². The summed E-state index contributed by atoms with van der Waals surface area (Å²) in [7, 11) is 0. The maximum absolute atomic E-state index is 13.4. The van der Waals surface area contributed by atoms with Crippen LogP contribution >= 0.6 is 11.6 Å². The second kappa shape index (κ2) is 8.52. The Morgan fingerprint density at radius 3 is 2.17 bits per heavy atom. The van der Waals surface area contributed by atoms with Crippen molar-refractivity contribution in [3.63, 3.8) is 0 Å². The zero-order valence-corrected chi connectivity index (χ0v) is 18.0. The van der Waals surface area contributed by atoms with Gasteiger partial charge in [-0.2, -0.15) is 0 Å². The summed E-state index contributed by atoms with van der Waals surface area (Å²) in [5.41, 5.74) is 2.60. The predicted molar refractivity (Wildman–Crippen MR) is 117 cm³/mol. The number of imide groups is 1. The Labute approximate surface area is 181 Å². The predicted octanol–water partition coefficient (Wildman–Crippen LogP) is 4.50. The Bertz CT molecular complexity index is 975. The number of rotatable bonds is 6. The molecule has 2 aliphatic heterocycles. The van der Waals surface area contributed by atoms with Crippen LogP contribution in [-0.2, 0) is 16.1 Å². The van der Waals surface area contributed by atoms with Crippen molar-refractivity contribution in [3.05, 3.63) is 70.4 Å². The lowest BCUT2D eigenvalue weighted by Gasteiger charge is -2.20. The molecule has 5 nitrogen and oxygen atoms in total. The lowest BCUT2D eigenvalue weighted by Crippen LogP contribution is -2.34. The number of carbonyl (C=O) groups is 2. The second-order valence-electron chi connectivity index (χ2n) is 7.93. The minimum atomic E-state index is -0.255. The van der Waals surface area contributed by atoms with Crippen molar-refractivity contribution in [1.29, 1.82) is 0 Å². The molecule has 2 aliphatic rings. The summed E-state index contributed by atoms with van der Waals surface area (Å²) in [5, 5.41) is 0.623. The lowest BCUT2D eigenvalue weighted by molar-refractivity contribution is -0.138. The highest BCUT2D eigenvalue weighted by atomic mass is 35.5. The van der Waals surface area contributed by atoms with E-state index in [1.54, 1.807) is 12.1 Å². The number of carbonyl (C=O) groups excluding carboxylic acids is 2. The van der Waals surface area contributed by atoms with Crippen molar-refractivity contribution in [2.75, 3.05) is 13.1 Å². The van der Waals surface area contributed by atoms with Crippen LogP contribution in [0.25, 0.3) is 5.57 Å². The summed E-state index contributed by atoms with van der Waals surface area (Å²) in [5.74, 6) is 0.260. The largest absolute Gasteiger partial charge is 0.491 e. The summed E-state index contributed by atoms with van der Waals surface area (Å²) in [6.45, 7) is 5.75. The molecular formula is C24H25ClN2O3. The van der Waals surface area contributed by atoms with E-state index in [2.05, 4.69) is 4.90 Å². The minimum Gasteiger partial charge on any atom is -0.491 e. The summed E-state index contributed by atoms with van der Waals surface area (Å²) >= 11 is 5.97. The van der Waals surface area contributed by atoms with Crippen LogP contribution in [0.15, 0.2) is 54.2 Å². The molecule has 6 heteroatoms. The summed E-state index contributed by atoms with van der Waals surface area (Å²) in [4.78, 5) is 30.1. The molecule has 0 unspecified atom stereocenters. The molecule has 156 valence electrons. The molecule has 0 saturated carbocycles. The van der Waals surface area contributed by atoms with Crippen LogP contribution in [0.2, 0.25) is 5.02 Å². The SMILES string of the molecule is CC(C)Oc1ccc(C2=C(N3CCCC3)C(=O)N(Cc3ccc(Cl)cc3)C2=O)cc1. The molecule has 0 aromatic heterocycles. The Kier molecular flexibility index (Phi) is 5.82. The Morgan fingerprint density at radius 1 is 0.933 bits per heavy atom. The Hall–Kier alpha value is -2.79. The van der Waals surface area contributed by atoms with E-state index in [0.29, 0.717) is 16.3 Å². The number of hydrogen-bond donors (Lipinski definition) is 0. The molecule has 2 aromatic rings. The lowest BCUT2D eigenvalue weighted by atomic mass is 10.0. The first-order chi connectivity index (χ1) is 14.4. The van der Waals surface area contributed by atoms with Crippen molar-refractivity contribution in [2.24, 2.45) is 0 Å². The van der Waals surface area contributed by atoms with Crippen molar-refractivity contribution < 1.29 is 14.3 Å². The maximum atomic E-state index is 13.4. The van der Waals surface area contributed by atoms with Crippen LogP contribution in [0, 0.1) is 0 Å². The van der Waals surface area contributed by atoms with Gasteiger partial charge in [-0.25, -0.2) is 0 Å². The molecule has 1 saturated heterocycles. The van der Waals surface area contributed by atoms with Gasteiger partial charge >= 0.3 is 0 Å².